The normalized spacial score (nSPS) is 10.9. The minimum Gasteiger partial charge on any atom is -0.479 e. The Morgan fingerprint density at radius 1 is 1.54 bits per heavy atom. The van der Waals surface area contributed by atoms with Crippen molar-refractivity contribution in [1.82, 2.24) is 5.32 Å². The minimum atomic E-state index is -1.13. The maximum atomic E-state index is 10.5. The van der Waals surface area contributed by atoms with Crippen LogP contribution in [0.25, 0.3) is 0 Å². The molecule has 0 aliphatic carbocycles. The largest absolute Gasteiger partial charge is 0.479 e. The monoisotopic (exact) mass is 183 g/mol. The Labute approximate surface area is 77.3 Å². The van der Waals surface area contributed by atoms with Crippen LogP contribution in [0.1, 0.15) is 26.7 Å². The van der Waals surface area contributed by atoms with E-state index in [4.69, 9.17) is 5.11 Å². The Bertz CT molecular complexity index is 249. The van der Waals surface area contributed by atoms with Gasteiger partial charge < -0.3 is 10.4 Å². The van der Waals surface area contributed by atoms with Crippen LogP contribution in [0.15, 0.2) is 0 Å². The second-order valence-electron chi connectivity index (χ2n) is 2.54. The number of hydrogen-bond acceptors (Lipinski definition) is 2. The summed E-state index contributed by atoms with van der Waals surface area (Å²) in [6.07, 6.45) is 1.52. The van der Waals surface area contributed by atoms with Crippen molar-refractivity contribution >= 4 is 11.9 Å². The summed E-state index contributed by atoms with van der Waals surface area (Å²) < 4.78 is 0. The Morgan fingerprint density at radius 2 is 2.15 bits per heavy atom. The highest BCUT2D eigenvalue weighted by Gasteiger charge is 2.14. The lowest BCUT2D eigenvalue weighted by atomic mass is 10.2. The first-order chi connectivity index (χ1) is 6.07. The number of amides is 1. The number of carbonyl (C=O) groups excluding carboxylic acids is 1. The lowest BCUT2D eigenvalue weighted by Gasteiger charge is -2.04. The maximum Gasteiger partial charge on any atom is 0.338 e. The van der Waals surface area contributed by atoms with Crippen LogP contribution in [0.5, 0.6) is 0 Å². The van der Waals surface area contributed by atoms with Crippen molar-refractivity contribution < 1.29 is 14.7 Å². The van der Waals surface area contributed by atoms with E-state index in [-0.39, 0.29) is 0 Å². The van der Waals surface area contributed by atoms with Gasteiger partial charge in [0.15, 0.2) is 6.04 Å². The average molecular weight is 183 g/mol. The zero-order chi connectivity index (χ0) is 10.3. The Morgan fingerprint density at radius 3 is 2.54 bits per heavy atom. The lowest BCUT2D eigenvalue weighted by Crippen LogP contribution is -2.38. The van der Waals surface area contributed by atoms with Crippen LogP contribution in [0.3, 0.4) is 0 Å². The minimum absolute atomic E-state index is 0.391. The van der Waals surface area contributed by atoms with Crippen LogP contribution in [0, 0.1) is 11.8 Å². The summed E-state index contributed by atoms with van der Waals surface area (Å²) in [7, 11) is 0. The number of nitrogens with one attached hydrogen (secondary N) is 1. The molecule has 13 heavy (non-hydrogen) atoms. The van der Waals surface area contributed by atoms with Gasteiger partial charge in [0.25, 0.3) is 0 Å². The van der Waals surface area contributed by atoms with Crippen molar-refractivity contribution in [1.29, 1.82) is 0 Å². The predicted molar refractivity (Wildman–Crippen MR) is 47.9 cm³/mol. The molecule has 0 rings (SSSR count). The second kappa shape index (κ2) is 6.06. The van der Waals surface area contributed by atoms with Crippen LogP contribution in [-0.2, 0) is 9.59 Å². The molecule has 0 bridgehead atoms. The molecule has 0 aromatic rings. The van der Waals surface area contributed by atoms with Gasteiger partial charge in [-0.15, -0.1) is 5.92 Å². The van der Waals surface area contributed by atoms with Crippen LogP contribution in [-0.4, -0.2) is 23.0 Å². The number of aliphatic carboxylic acids is 1. The number of unbranched alkanes of at least 4 members (excludes halogenated alkanes) is 1. The maximum absolute atomic E-state index is 10.5. The van der Waals surface area contributed by atoms with E-state index in [0.29, 0.717) is 6.42 Å². The molecule has 1 amide bonds. The molecule has 0 aromatic heterocycles. The third-order valence-corrected chi connectivity index (χ3v) is 1.22. The summed E-state index contributed by atoms with van der Waals surface area (Å²) in [5.41, 5.74) is 0. The van der Waals surface area contributed by atoms with Crippen molar-refractivity contribution in [3.05, 3.63) is 0 Å². The number of hydrogen-bond donors (Lipinski definition) is 2. The van der Waals surface area contributed by atoms with E-state index in [2.05, 4.69) is 17.2 Å². The lowest BCUT2D eigenvalue weighted by molar-refractivity contribution is -0.139. The van der Waals surface area contributed by atoms with Crippen LogP contribution >= 0.6 is 0 Å². The summed E-state index contributed by atoms with van der Waals surface area (Å²) >= 11 is 0. The third-order valence-electron chi connectivity index (χ3n) is 1.22. The fraction of sp³-hybridized carbons (Fsp3) is 0.556. The first-order valence-corrected chi connectivity index (χ1v) is 4.06. The van der Waals surface area contributed by atoms with Crippen LogP contribution < -0.4 is 5.32 Å². The number of carboxylic acid groups (broad SMARTS) is 1. The van der Waals surface area contributed by atoms with E-state index in [9.17, 15) is 9.59 Å². The summed E-state index contributed by atoms with van der Waals surface area (Å²) in [6, 6.07) is -1.08. The van der Waals surface area contributed by atoms with E-state index in [0.717, 1.165) is 6.42 Å². The summed E-state index contributed by atoms with van der Waals surface area (Å²) in [5, 5.41) is 10.8. The van der Waals surface area contributed by atoms with Gasteiger partial charge in [-0.05, 0) is 6.42 Å². The average Bonchev–Trinajstić information content (AvgIpc) is 2.02. The van der Waals surface area contributed by atoms with Crippen molar-refractivity contribution in [2.45, 2.75) is 32.7 Å². The van der Waals surface area contributed by atoms with E-state index < -0.39 is 17.9 Å². The standard InChI is InChI=1S/C9H13NO3/c1-3-4-5-6-8(9(12)13)10-7(2)11/h8H,3-4H2,1-2H3,(H,10,11)(H,12,13). The molecule has 0 saturated carbocycles. The smallest absolute Gasteiger partial charge is 0.338 e. The fourth-order valence-electron chi connectivity index (χ4n) is 0.662. The Kier molecular flexibility index (Phi) is 5.37. The summed E-state index contributed by atoms with van der Waals surface area (Å²) in [4.78, 5) is 21.1. The molecule has 0 aliphatic rings. The van der Waals surface area contributed by atoms with Crippen molar-refractivity contribution in [3.63, 3.8) is 0 Å². The molecule has 0 saturated heterocycles. The molecule has 0 radical (unpaired) electrons. The number of rotatable bonds is 3. The SMILES string of the molecule is CCCC#CC(NC(C)=O)C(=O)O. The zero-order valence-electron chi connectivity index (χ0n) is 7.76. The van der Waals surface area contributed by atoms with Gasteiger partial charge in [-0.1, -0.05) is 12.8 Å². The van der Waals surface area contributed by atoms with Gasteiger partial charge in [0.1, 0.15) is 0 Å². The number of carboxylic acids is 1. The van der Waals surface area contributed by atoms with E-state index in [1.807, 2.05) is 6.92 Å². The Balaban J connectivity index is 4.20. The Hall–Kier alpha value is -1.50. The third kappa shape index (κ3) is 5.74. The van der Waals surface area contributed by atoms with E-state index >= 15 is 0 Å². The van der Waals surface area contributed by atoms with Gasteiger partial charge in [0.05, 0.1) is 0 Å². The number of carbonyl (C=O) groups is 2. The fourth-order valence-corrected chi connectivity index (χ4v) is 0.662. The molecule has 0 heterocycles. The molecule has 0 spiro atoms. The van der Waals surface area contributed by atoms with Crippen LogP contribution in [0.4, 0.5) is 0 Å². The quantitative estimate of drug-likeness (QED) is 0.621. The second-order valence-corrected chi connectivity index (χ2v) is 2.54. The van der Waals surface area contributed by atoms with Gasteiger partial charge >= 0.3 is 5.97 Å². The van der Waals surface area contributed by atoms with Gasteiger partial charge in [-0.3, -0.25) is 4.79 Å². The molecule has 0 aromatic carbocycles. The van der Waals surface area contributed by atoms with E-state index in [1.165, 1.54) is 6.92 Å². The molecule has 0 aliphatic heterocycles. The molecule has 72 valence electrons. The molecule has 2 N–H and O–H groups in total. The predicted octanol–water partition coefficient (Wildman–Crippen LogP) is 0.379. The summed E-state index contributed by atoms with van der Waals surface area (Å²) in [6.45, 7) is 3.21. The molecule has 1 atom stereocenters. The van der Waals surface area contributed by atoms with Crippen molar-refractivity contribution in [2.75, 3.05) is 0 Å². The zero-order valence-corrected chi connectivity index (χ0v) is 7.76. The van der Waals surface area contributed by atoms with Crippen molar-refractivity contribution in [2.24, 2.45) is 0 Å². The molecule has 1 unspecified atom stereocenters. The van der Waals surface area contributed by atoms with E-state index in [1.54, 1.807) is 0 Å². The van der Waals surface area contributed by atoms with Gasteiger partial charge in [0, 0.05) is 13.3 Å². The van der Waals surface area contributed by atoms with Gasteiger partial charge in [-0.2, -0.15) is 0 Å². The first-order valence-electron chi connectivity index (χ1n) is 4.06. The highest BCUT2D eigenvalue weighted by atomic mass is 16.4. The highest BCUT2D eigenvalue weighted by Crippen LogP contribution is 1.85. The van der Waals surface area contributed by atoms with Gasteiger partial charge in [0.2, 0.25) is 5.91 Å². The van der Waals surface area contributed by atoms with Crippen LogP contribution in [0.2, 0.25) is 0 Å². The molecule has 0 fully saturated rings. The molecule has 4 nitrogen and oxygen atoms in total. The van der Waals surface area contributed by atoms with Gasteiger partial charge in [-0.25, -0.2) is 4.79 Å². The first kappa shape index (κ1) is 11.5. The van der Waals surface area contributed by atoms with Crippen molar-refractivity contribution in [3.8, 4) is 11.8 Å². The highest BCUT2D eigenvalue weighted by molar-refractivity contribution is 5.84. The molecular formula is C9H13NO3. The topological polar surface area (TPSA) is 66.4 Å². The molecular weight excluding hydrogens is 170 g/mol. The molecule has 4 heteroatoms. The summed E-state index contributed by atoms with van der Waals surface area (Å²) in [5.74, 6) is 3.63.